The Morgan fingerprint density at radius 2 is 1.75 bits per heavy atom. The molecular weight excluding hydrogens is 298 g/mol. The van der Waals surface area contributed by atoms with E-state index in [9.17, 15) is 4.79 Å². The molecule has 0 saturated carbocycles. The molecule has 0 bridgehead atoms. The Hall–Kier alpha value is -2.33. The molecule has 0 aliphatic carbocycles. The number of piperidine rings is 1. The Morgan fingerprint density at radius 3 is 2.46 bits per heavy atom. The van der Waals surface area contributed by atoms with E-state index in [1.54, 1.807) is 11.9 Å². The SMILES string of the molecule is CN(C(=O)NN1CCCCC1Cc1ccccc1)c1ccccc1. The first-order valence-corrected chi connectivity index (χ1v) is 8.64. The van der Waals surface area contributed by atoms with E-state index in [0.717, 1.165) is 31.5 Å². The lowest BCUT2D eigenvalue weighted by Gasteiger charge is -2.36. The Bertz CT molecular complexity index is 644. The van der Waals surface area contributed by atoms with Crippen molar-refractivity contribution in [2.75, 3.05) is 18.5 Å². The van der Waals surface area contributed by atoms with Crippen LogP contribution in [0.1, 0.15) is 24.8 Å². The largest absolute Gasteiger partial charge is 0.336 e. The average Bonchev–Trinajstić information content (AvgIpc) is 2.64. The Balaban J connectivity index is 1.64. The minimum absolute atomic E-state index is 0.0823. The third-order valence-corrected chi connectivity index (χ3v) is 4.63. The van der Waals surface area contributed by atoms with Crippen LogP contribution in [0.25, 0.3) is 0 Å². The van der Waals surface area contributed by atoms with Crippen molar-refractivity contribution in [3.05, 3.63) is 66.2 Å². The second-order valence-electron chi connectivity index (χ2n) is 6.34. The quantitative estimate of drug-likeness (QED) is 0.928. The van der Waals surface area contributed by atoms with Crippen molar-refractivity contribution >= 4 is 11.7 Å². The van der Waals surface area contributed by atoms with Crippen molar-refractivity contribution in [2.24, 2.45) is 0 Å². The number of para-hydroxylation sites is 1. The van der Waals surface area contributed by atoms with Gasteiger partial charge in [0.15, 0.2) is 0 Å². The van der Waals surface area contributed by atoms with E-state index < -0.39 is 0 Å². The molecule has 1 aliphatic heterocycles. The molecule has 1 heterocycles. The molecule has 4 nitrogen and oxygen atoms in total. The molecule has 2 amide bonds. The number of carbonyl (C=O) groups excluding carboxylic acids is 1. The van der Waals surface area contributed by atoms with Crippen LogP contribution >= 0.6 is 0 Å². The molecule has 1 aliphatic rings. The van der Waals surface area contributed by atoms with Gasteiger partial charge in [-0.05, 0) is 37.0 Å². The molecule has 3 rings (SSSR count). The van der Waals surface area contributed by atoms with Crippen molar-refractivity contribution in [3.8, 4) is 0 Å². The van der Waals surface area contributed by atoms with Crippen molar-refractivity contribution in [3.63, 3.8) is 0 Å². The van der Waals surface area contributed by atoms with Gasteiger partial charge < -0.3 is 0 Å². The van der Waals surface area contributed by atoms with Gasteiger partial charge in [0.05, 0.1) is 0 Å². The maximum atomic E-state index is 12.6. The molecule has 2 aromatic rings. The lowest BCUT2D eigenvalue weighted by molar-refractivity contribution is 0.0991. The first-order valence-electron chi connectivity index (χ1n) is 8.64. The summed E-state index contributed by atoms with van der Waals surface area (Å²) in [5.41, 5.74) is 5.32. The fourth-order valence-corrected chi connectivity index (χ4v) is 3.21. The second kappa shape index (κ2) is 7.97. The van der Waals surface area contributed by atoms with E-state index in [0.29, 0.717) is 6.04 Å². The molecule has 4 heteroatoms. The summed E-state index contributed by atoms with van der Waals surface area (Å²) in [5.74, 6) is 0. The summed E-state index contributed by atoms with van der Waals surface area (Å²) in [6.45, 7) is 0.909. The molecule has 0 radical (unpaired) electrons. The van der Waals surface area contributed by atoms with Crippen LogP contribution in [0.3, 0.4) is 0 Å². The summed E-state index contributed by atoms with van der Waals surface area (Å²) >= 11 is 0. The number of hydrogen-bond acceptors (Lipinski definition) is 2. The van der Waals surface area contributed by atoms with Crippen LogP contribution in [0, 0.1) is 0 Å². The number of rotatable bonds is 4. The number of carbonyl (C=O) groups is 1. The number of amides is 2. The molecule has 1 atom stereocenters. The number of nitrogens with zero attached hydrogens (tertiary/aromatic N) is 2. The fourth-order valence-electron chi connectivity index (χ4n) is 3.21. The van der Waals surface area contributed by atoms with Gasteiger partial charge in [-0.2, -0.15) is 0 Å². The molecule has 2 aromatic carbocycles. The summed E-state index contributed by atoms with van der Waals surface area (Å²) in [4.78, 5) is 14.2. The Labute approximate surface area is 144 Å². The number of benzene rings is 2. The van der Waals surface area contributed by atoms with Crippen molar-refractivity contribution in [1.29, 1.82) is 0 Å². The van der Waals surface area contributed by atoms with Crippen LogP contribution < -0.4 is 10.3 Å². The van der Waals surface area contributed by atoms with Crippen LogP contribution in [-0.2, 0) is 6.42 Å². The number of nitrogens with one attached hydrogen (secondary N) is 1. The van der Waals surface area contributed by atoms with E-state index in [2.05, 4.69) is 34.7 Å². The first kappa shape index (κ1) is 16.5. The van der Waals surface area contributed by atoms with Gasteiger partial charge >= 0.3 is 6.03 Å². The van der Waals surface area contributed by atoms with Crippen molar-refractivity contribution < 1.29 is 4.79 Å². The summed E-state index contributed by atoms with van der Waals surface area (Å²) < 4.78 is 0. The normalized spacial score (nSPS) is 18.1. The van der Waals surface area contributed by atoms with Crippen molar-refractivity contribution in [1.82, 2.24) is 10.4 Å². The molecule has 126 valence electrons. The number of hydrogen-bond donors (Lipinski definition) is 1. The van der Waals surface area contributed by atoms with Crippen LogP contribution in [0.5, 0.6) is 0 Å². The summed E-state index contributed by atoms with van der Waals surface area (Å²) in [6.07, 6.45) is 4.43. The highest BCUT2D eigenvalue weighted by atomic mass is 16.2. The lowest BCUT2D eigenvalue weighted by Crippen LogP contribution is -2.54. The predicted octanol–water partition coefficient (Wildman–Crippen LogP) is 3.84. The van der Waals surface area contributed by atoms with Gasteiger partial charge in [0.2, 0.25) is 0 Å². The van der Waals surface area contributed by atoms with Crippen LogP contribution in [0.2, 0.25) is 0 Å². The predicted molar refractivity (Wildman–Crippen MR) is 97.9 cm³/mol. The van der Waals surface area contributed by atoms with Crippen LogP contribution in [0.4, 0.5) is 10.5 Å². The number of urea groups is 1. The van der Waals surface area contributed by atoms with Crippen molar-refractivity contribution in [2.45, 2.75) is 31.7 Å². The van der Waals surface area contributed by atoms with Gasteiger partial charge in [-0.1, -0.05) is 55.0 Å². The highest BCUT2D eigenvalue weighted by Crippen LogP contribution is 2.20. The fraction of sp³-hybridized carbons (Fsp3) is 0.350. The van der Waals surface area contributed by atoms with Gasteiger partial charge in [-0.15, -0.1) is 0 Å². The summed E-state index contributed by atoms with van der Waals surface area (Å²) in [7, 11) is 1.81. The highest BCUT2D eigenvalue weighted by molar-refractivity contribution is 5.90. The van der Waals surface area contributed by atoms with E-state index in [4.69, 9.17) is 0 Å². The van der Waals surface area contributed by atoms with Crippen LogP contribution in [0.15, 0.2) is 60.7 Å². The van der Waals surface area contributed by atoms with E-state index in [1.165, 1.54) is 12.0 Å². The zero-order valence-corrected chi connectivity index (χ0v) is 14.2. The van der Waals surface area contributed by atoms with E-state index in [-0.39, 0.29) is 6.03 Å². The third kappa shape index (κ3) is 4.15. The zero-order valence-electron chi connectivity index (χ0n) is 14.2. The Kier molecular flexibility index (Phi) is 5.49. The maximum Gasteiger partial charge on any atom is 0.336 e. The van der Waals surface area contributed by atoms with Gasteiger partial charge in [0.1, 0.15) is 0 Å². The lowest BCUT2D eigenvalue weighted by atomic mass is 9.97. The maximum absolute atomic E-state index is 12.6. The first-order chi connectivity index (χ1) is 11.7. The molecule has 0 aromatic heterocycles. The standard InChI is InChI=1S/C20H25N3O/c1-22(18-12-6-3-7-13-18)20(24)21-23-15-9-8-14-19(23)16-17-10-4-2-5-11-17/h2-7,10-13,19H,8-9,14-16H2,1H3,(H,21,24). The third-order valence-electron chi connectivity index (χ3n) is 4.63. The molecule has 1 fully saturated rings. The van der Waals surface area contributed by atoms with Gasteiger partial charge in [-0.25, -0.2) is 9.80 Å². The minimum Gasteiger partial charge on any atom is -0.296 e. The van der Waals surface area contributed by atoms with Gasteiger partial charge in [-0.3, -0.25) is 10.3 Å². The number of hydrazine groups is 1. The Morgan fingerprint density at radius 1 is 1.08 bits per heavy atom. The summed E-state index contributed by atoms with van der Waals surface area (Å²) in [6, 6.07) is 20.5. The molecule has 0 spiro atoms. The average molecular weight is 323 g/mol. The summed E-state index contributed by atoms with van der Waals surface area (Å²) in [5, 5.41) is 2.12. The molecular formula is C20H25N3O. The molecule has 1 N–H and O–H groups in total. The molecule has 1 saturated heterocycles. The topological polar surface area (TPSA) is 35.6 Å². The monoisotopic (exact) mass is 323 g/mol. The van der Waals surface area contributed by atoms with Gasteiger partial charge in [0, 0.05) is 25.3 Å². The molecule has 1 unspecified atom stereocenters. The minimum atomic E-state index is -0.0823. The zero-order chi connectivity index (χ0) is 16.8. The van der Waals surface area contributed by atoms with Crippen LogP contribution in [-0.4, -0.2) is 30.7 Å². The number of anilines is 1. The van der Waals surface area contributed by atoms with E-state index in [1.807, 2.05) is 36.4 Å². The van der Waals surface area contributed by atoms with Gasteiger partial charge in [0.25, 0.3) is 0 Å². The smallest absolute Gasteiger partial charge is 0.296 e. The van der Waals surface area contributed by atoms with E-state index >= 15 is 0 Å². The highest BCUT2D eigenvalue weighted by Gasteiger charge is 2.25. The molecule has 24 heavy (non-hydrogen) atoms. The second-order valence-corrected chi connectivity index (χ2v) is 6.34.